The quantitative estimate of drug-likeness (QED) is 0.643. The summed E-state index contributed by atoms with van der Waals surface area (Å²) in [5.41, 5.74) is -0.475. The lowest BCUT2D eigenvalue weighted by Crippen LogP contribution is -2.59. The van der Waals surface area contributed by atoms with Crippen LogP contribution in [0.1, 0.15) is 90.5 Å². The van der Waals surface area contributed by atoms with Crippen molar-refractivity contribution >= 4 is 0 Å². The highest BCUT2D eigenvalue weighted by molar-refractivity contribution is 5.22. The smallest absolute Gasteiger partial charge is 0.102 e. The predicted molar refractivity (Wildman–Crippen MR) is 130 cm³/mol. The Morgan fingerprint density at radius 3 is 2.47 bits per heavy atom. The maximum atomic E-state index is 12.2. The molecule has 0 aliphatic heterocycles. The Morgan fingerprint density at radius 2 is 1.79 bits per heavy atom. The molecule has 5 aliphatic carbocycles. The van der Waals surface area contributed by atoms with Crippen LogP contribution in [0.25, 0.3) is 0 Å². The summed E-state index contributed by atoms with van der Waals surface area (Å²) >= 11 is 0. The zero-order valence-corrected chi connectivity index (χ0v) is 21.3. The Hall–Kier alpha value is -1.38. The van der Waals surface area contributed by atoms with Gasteiger partial charge in [0.2, 0.25) is 0 Å². The third-order valence-electron chi connectivity index (χ3n) is 11.4. The van der Waals surface area contributed by atoms with Gasteiger partial charge in [-0.1, -0.05) is 6.92 Å². The molecule has 1 heterocycles. The van der Waals surface area contributed by atoms with Crippen molar-refractivity contribution in [1.82, 2.24) is 9.78 Å². The van der Waals surface area contributed by atoms with Crippen molar-refractivity contribution in [3.05, 3.63) is 18.0 Å². The number of fused-ring (bicyclic) bond motifs is 5. The predicted octanol–water partition coefficient (Wildman–Crippen LogP) is 5.16. The standard InChI is InChI=1S/C29H43N3O2/c1-27-9-6-22(19-4-5-19)26(27)25-23(7-10-27)21-8-11-28(2,33)13-20(21)12-24(25)29(3,34)17-32-16-18(14-30)15-31-32/h15-16,19-26,33-34H,4-13,17H2,1-3H3/t20-,21+,22+,23-,24?,25+,26+,27+,28-,29?/m1/s1. The molecule has 10 atom stereocenters. The van der Waals surface area contributed by atoms with Gasteiger partial charge in [-0.15, -0.1) is 0 Å². The fourth-order valence-corrected chi connectivity index (χ4v) is 9.92. The van der Waals surface area contributed by atoms with Gasteiger partial charge in [-0.05, 0) is 131 Å². The SMILES string of the molecule is CC(O)(Cn1cc(C#N)cn1)C1C[C@@H]2C[C@](C)(O)CC[C@@H]2[C@H]2CC[C@]3(C)CC[C@@H](C4CC4)[C@H]3[C@H]12. The number of aromatic nitrogens is 2. The van der Waals surface area contributed by atoms with E-state index in [1.165, 1.54) is 38.5 Å². The Labute approximate surface area is 204 Å². The zero-order valence-electron chi connectivity index (χ0n) is 21.3. The molecule has 5 saturated carbocycles. The summed E-state index contributed by atoms with van der Waals surface area (Å²) in [7, 11) is 0. The van der Waals surface area contributed by atoms with Crippen molar-refractivity contribution in [3.63, 3.8) is 0 Å². The third-order valence-corrected chi connectivity index (χ3v) is 11.4. The molecule has 0 saturated heterocycles. The second-order valence-corrected chi connectivity index (χ2v) is 13.9. The van der Waals surface area contributed by atoms with Crippen LogP contribution in [-0.4, -0.2) is 31.2 Å². The van der Waals surface area contributed by atoms with Crippen LogP contribution >= 0.6 is 0 Å². The van der Waals surface area contributed by atoms with Gasteiger partial charge in [-0.3, -0.25) is 4.68 Å². The molecule has 6 rings (SSSR count). The molecule has 0 aromatic carbocycles. The molecule has 2 N–H and O–H groups in total. The summed E-state index contributed by atoms with van der Waals surface area (Å²) in [6, 6.07) is 2.17. The third kappa shape index (κ3) is 3.75. The van der Waals surface area contributed by atoms with E-state index in [-0.39, 0.29) is 5.92 Å². The summed E-state index contributed by atoms with van der Waals surface area (Å²) in [4.78, 5) is 0. The number of hydrogen-bond donors (Lipinski definition) is 2. The van der Waals surface area contributed by atoms with Crippen LogP contribution in [0.4, 0.5) is 0 Å². The molecular weight excluding hydrogens is 422 g/mol. The number of aliphatic hydroxyl groups is 2. The molecule has 186 valence electrons. The molecule has 5 aliphatic rings. The minimum Gasteiger partial charge on any atom is -0.390 e. The van der Waals surface area contributed by atoms with Crippen LogP contribution < -0.4 is 0 Å². The molecule has 1 aromatic heterocycles. The van der Waals surface area contributed by atoms with E-state index in [2.05, 4.69) is 18.1 Å². The largest absolute Gasteiger partial charge is 0.390 e. The maximum absolute atomic E-state index is 12.2. The van der Waals surface area contributed by atoms with Gasteiger partial charge in [0, 0.05) is 6.20 Å². The molecule has 5 heteroatoms. The van der Waals surface area contributed by atoms with Crippen molar-refractivity contribution in [2.75, 3.05) is 0 Å². The van der Waals surface area contributed by atoms with Crippen molar-refractivity contribution in [1.29, 1.82) is 5.26 Å². The molecule has 2 unspecified atom stereocenters. The van der Waals surface area contributed by atoms with Crippen LogP contribution in [-0.2, 0) is 6.54 Å². The van der Waals surface area contributed by atoms with E-state index in [1.54, 1.807) is 17.1 Å². The molecule has 0 bridgehead atoms. The fraction of sp³-hybridized carbons (Fsp3) is 0.862. The van der Waals surface area contributed by atoms with Crippen LogP contribution in [0.5, 0.6) is 0 Å². The summed E-state index contributed by atoms with van der Waals surface area (Å²) in [5, 5.41) is 36.8. The zero-order chi connectivity index (χ0) is 23.9. The highest BCUT2D eigenvalue weighted by Crippen LogP contribution is 2.69. The van der Waals surface area contributed by atoms with Crippen LogP contribution in [0.2, 0.25) is 0 Å². The van der Waals surface area contributed by atoms with Gasteiger partial charge >= 0.3 is 0 Å². The Kier molecular flexibility index (Phi) is 5.29. The molecule has 5 nitrogen and oxygen atoms in total. The lowest BCUT2D eigenvalue weighted by atomic mass is 9.44. The lowest BCUT2D eigenvalue weighted by molar-refractivity contribution is -0.174. The Balaban J connectivity index is 1.38. The minimum atomic E-state index is -0.884. The normalized spacial score (nSPS) is 47.7. The van der Waals surface area contributed by atoms with Gasteiger partial charge in [0.25, 0.3) is 0 Å². The molecule has 0 spiro atoms. The van der Waals surface area contributed by atoms with E-state index < -0.39 is 11.2 Å². The minimum absolute atomic E-state index is 0.214. The number of nitrogens with zero attached hydrogens (tertiary/aromatic N) is 3. The first-order valence-electron chi connectivity index (χ1n) is 14.0. The summed E-state index contributed by atoms with van der Waals surface area (Å²) in [6.45, 7) is 7.07. The van der Waals surface area contributed by atoms with E-state index in [0.29, 0.717) is 41.2 Å². The van der Waals surface area contributed by atoms with Crippen LogP contribution in [0.15, 0.2) is 12.4 Å². The molecule has 0 radical (unpaired) electrons. The second kappa shape index (κ2) is 7.81. The lowest BCUT2D eigenvalue weighted by Gasteiger charge is -2.61. The van der Waals surface area contributed by atoms with Gasteiger partial charge in [-0.25, -0.2) is 0 Å². The first kappa shape index (κ1) is 23.0. The van der Waals surface area contributed by atoms with Crippen LogP contribution in [0, 0.1) is 64.1 Å². The topological polar surface area (TPSA) is 82.1 Å². The van der Waals surface area contributed by atoms with Gasteiger partial charge in [0.05, 0.1) is 29.5 Å². The molecule has 5 fully saturated rings. The summed E-state index contributed by atoms with van der Waals surface area (Å²) in [6.07, 6.45) is 15.6. The van der Waals surface area contributed by atoms with E-state index in [0.717, 1.165) is 43.4 Å². The van der Waals surface area contributed by atoms with Gasteiger partial charge in [0.15, 0.2) is 0 Å². The average Bonchev–Trinajstić information content (AvgIpc) is 3.41. The fourth-order valence-electron chi connectivity index (χ4n) is 9.92. The highest BCUT2D eigenvalue weighted by atomic mass is 16.3. The number of rotatable bonds is 4. The van der Waals surface area contributed by atoms with Crippen molar-refractivity contribution in [3.8, 4) is 6.07 Å². The van der Waals surface area contributed by atoms with Crippen molar-refractivity contribution in [2.45, 2.75) is 103 Å². The van der Waals surface area contributed by atoms with Gasteiger partial charge in [-0.2, -0.15) is 10.4 Å². The first-order valence-corrected chi connectivity index (χ1v) is 14.0. The molecular formula is C29H43N3O2. The average molecular weight is 466 g/mol. The molecule has 34 heavy (non-hydrogen) atoms. The summed E-state index contributed by atoms with van der Waals surface area (Å²) in [5.74, 6) is 5.15. The van der Waals surface area contributed by atoms with Gasteiger partial charge in [0.1, 0.15) is 6.07 Å². The monoisotopic (exact) mass is 465 g/mol. The van der Waals surface area contributed by atoms with Gasteiger partial charge < -0.3 is 10.2 Å². The maximum Gasteiger partial charge on any atom is 0.102 e. The Morgan fingerprint density at radius 1 is 1.09 bits per heavy atom. The van der Waals surface area contributed by atoms with E-state index in [1.807, 2.05) is 13.8 Å². The van der Waals surface area contributed by atoms with Crippen molar-refractivity contribution in [2.24, 2.45) is 52.8 Å². The van der Waals surface area contributed by atoms with Crippen LogP contribution in [0.3, 0.4) is 0 Å². The van der Waals surface area contributed by atoms with Crippen molar-refractivity contribution < 1.29 is 10.2 Å². The van der Waals surface area contributed by atoms with E-state index >= 15 is 0 Å². The molecule has 0 amide bonds. The van der Waals surface area contributed by atoms with E-state index in [4.69, 9.17) is 0 Å². The van der Waals surface area contributed by atoms with E-state index in [9.17, 15) is 15.5 Å². The number of hydrogen-bond acceptors (Lipinski definition) is 4. The summed E-state index contributed by atoms with van der Waals surface area (Å²) < 4.78 is 1.78. The number of nitriles is 1. The first-order chi connectivity index (χ1) is 16.1. The highest BCUT2D eigenvalue weighted by Gasteiger charge is 2.63. The Bertz CT molecular complexity index is 972. The second-order valence-electron chi connectivity index (χ2n) is 13.9. The molecule has 1 aromatic rings.